The SMILES string of the molecule is CCCN(C)C(=O)c1nc(C)n(-c2ccc(Cl)cc2)n1. The lowest BCUT2D eigenvalue weighted by atomic mass is 10.3. The zero-order valence-corrected chi connectivity index (χ0v) is 12.6. The summed E-state index contributed by atoms with van der Waals surface area (Å²) < 4.78 is 1.64. The van der Waals surface area contributed by atoms with Crippen LogP contribution in [0.25, 0.3) is 5.69 Å². The minimum absolute atomic E-state index is 0.164. The first-order chi connectivity index (χ1) is 9.52. The third-order valence-electron chi connectivity index (χ3n) is 2.94. The maximum Gasteiger partial charge on any atom is 0.293 e. The highest BCUT2D eigenvalue weighted by molar-refractivity contribution is 6.30. The van der Waals surface area contributed by atoms with E-state index in [0.29, 0.717) is 17.4 Å². The zero-order chi connectivity index (χ0) is 14.7. The van der Waals surface area contributed by atoms with Crippen molar-refractivity contribution in [3.05, 3.63) is 40.9 Å². The molecule has 0 fully saturated rings. The number of amides is 1. The first kappa shape index (κ1) is 14.5. The van der Waals surface area contributed by atoms with Crippen molar-refractivity contribution in [1.82, 2.24) is 19.7 Å². The summed E-state index contributed by atoms with van der Waals surface area (Å²) in [4.78, 5) is 18.0. The Kier molecular flexibility index (Phi) is 4.39. The van der Waals surface area contributed by atoms with Gasteiger partial charge in [0.15, 0.2) is 0 Å². The quantitative estimate of drug-likeness (QED) is 0.870. The minimum atomic E-state index is -0.164. The van der Waals surface area contributed by atoms with Crippen molar-refractivity contribution in [2.45, 2.75) is 20.3 Å². The molecule has 1 aromatic carbocycles. The van der Waals surface area contributed by atoms with Gasteiger partial charge in [-0.15, -0.1) is 5.10 Å². The largest absolute Gasteiger partial charge is 0.339 e. The molecule has 6 heteroatoms. The summed E-state index contributed by atoms with van der Waals surface area (Å²) in [5, 5.41) is 4.94. The Morgan fingerprint density at radius 3 is 2.60 bits per heavy atom. The van der Waals surface area contributed by atoms with E-state index in [4.69, 9.17) is 11.6 Å². The van der Waals surface area contributed by atoms with Crippen LogP contribution in [-0.2, 0) is 0 Å². The topological polar surface area (TPSA) is 51.0 Å². The molecule has 1 heterocycles. The highest BCUT2D eigenvalue weighted by Crippen LogP contribution is 2.14. The normalized spacial score (nSPS) is 10.6. The Hall–Kier alpha value is -1.88. The fourth-order valence-electron chi connectivity index (χ4n) is 1.92. The number of nitrogens with zero attached hydrogens (tertiary/aromatic N) is 4. The molecule has 0 aliphatic rings. The van der Waals surface area contributed by atoms with Gasteiger partial charge in [-0.1, -0.05) is 18.5 Å². The van der Waals surface area contributed by atoms with E-state index in [2.05, 4.69) is 10.1 Å². The first-order valence-electron chi connectivity index (χ1n) is 6.48. The lowest BCUT2D eigenvalue weighted by molar-refractivity contribution is 0.0783. The van der Waals surface area contributed by atoms with Crippen LogP contribution in [0.1, 0.15) is 29.8 Å². The van der Waals surface area contributed by atoms with E-state index in [1.165, 1.54) is 0 Å². The molecule has 0 aliphatic heterocycles. The van der Waals surface area contributed by atoms with Crippen molar-refractivity contribution >= 4 is 17.5 Å². The molecule has 106 valence electrons. The van der Waals surface area contributed by atoms with Crippen molar-refractivity contribution in [3.63, 3.8) is 0 Å². The fraction of sp³-hybridized carbons (Fsp3) is 0.357. The number of rotatable bonds is 4. The van der Waals surface area contributed by atoms with Gasteiger partial charge in [0.05, 0.1) is 5.69 Å². The summed E-state index contributed by atoms with van der Waals surface area (Å²) in [6.45, 7) is 4.53. The second-order valence-corrected chi connectivity index (χ2v) is 5.03. The van der Waals surface area contributed by atoms with E-state index >= 15 is 0 Å². The Morgan fingerprint density at radius 2 is 2.00 bits per heavy atom. The highest BCUT2D eigenvalue weighted by atomic mass is 35.5. The molecule has 0 bridgehead atoms. The third kappa shape index (κ3) is 2.99. The van der Waals surface area contributed by atoms with E-state index in [1.807, 2.05) is 26.0 Å². The van der Waals surface area contributed by atoms with Crippen molar-refractivity contribution in [3.8, 4) is 5.69 Å². The second kappa shape index (κ2) is 6.05. The van der Waals surface area contributed by atoms with Gasteiger partial charge in [0.2, 0.25) is 5.82 Å². The van der Waals surface area contributed by atoms with Gasteiger partial charge in [0.1, 0.15) is 5.82 Å². The molecule has 0 aliphatic carbocycles. The standard InChI is InChI=1S/C14H17ClN4O/c1-4-9-18(3)14(20)13-16-10(2)19(17-13)12-7-5-11(15)6-8-12/h5-8H,4,9H2,1-3H3. The molecule has 0 radical (unpaired) electrons. The molecule has 0 atom stereocenters. The lowest BCUT2D eigenvalue weighted by Crippen LogP contribution is -2.28. The van der Waals surface area contributed by atoms with Crippen molar-refractivity contribution in [1.29, 1.82) is 0 Å². The van der Waals surface area contributed by atoms with Crippen LogP contribution in [0.2, 0.25) is 5.02 Å². The van der Waals surface area contributed by atoms with Crippen LogP contribution in [0.15, 0.2) is 24.3 Å². The Labute approximate surface area is 123 Å². The van der Waals surface area contributed by atoms with E-state index in [1.54, 1.807) is 28.8 Å². The van der Waals surface area contributed by atoms with E-state index in [9.17, 15) is 4.79 Å². The number of carbonyl (C=O) groups excluding carboxylic acids is 1. The van der Waals surface area contributed by atoms with Gasteiger partial charge < -0.3 is 4.90 Å². The number of hydrogen-bond donors (Lipinski definition) is 0. The summed E-state index contributed by atoms with van der Waals surface area (Å²) >= 11 is 5.86. The van der Waals surface area contributed by atoms with Crippen molar-refractivity contribution in [2.24, 2.45) is 0 Å². The molecule has 0 saturated carbocycles. The van der Waals surface area contributed by atoms with Crippen LogP contribution in [-0.4, -0.2) is 39.2 Å². The number of aryl methyl sites for hydroxylation is 1. The van der Waals surface area contributed by atoms with Gasteiger partial charge in [-0.25, -0.2) is 9.67 Å². The highest BCUT2D eigenvalue weighted by Gasteiger charge is 2.18. The molecule has 2 aromatic rings. The van der Waals surface area contributed by atoms with Crippen LogP contribution in [0.5, 0.6) is 0 Å². The predicted molar refractivity (Wildman–Crippen MR) is 78.4 cm³/mol. The van der Waals surface area contributed by atoms with E-state index < -0.39 is 0 Å². The molecular weight excluding hydrogens is 276 g/mol. The van der Waals surface area contributed by atoms with E-state index in [-0.39, 0.29) is 11.7 Å². The Morgan fingerprint density at radius 1 is 1.35 bits per heavy atom. The zero-order valence-electron chi connectivity index (χ0n) is 11.8. The van der Waals surface area contributed by atoms with Gasteiger partial charge in [-0.05, 0) is 37.6 Å². The van der Waals surface area contributed by atoms with Crippen LogP contribution in [0.4, 0.5) is 0 Å². The fourth-order valence-corrected chi connectivity index (χ4v) is 2.04. The van der Waals surface area contributed by atoms with Crippen molar-refractivity contribution < 1.29 is 4.79 Å². The van der Waals surface area contributed by atoms with Crippen LogP contribution < -0.4 is 0 Å². The average Bonchev–Trinajstić information content (AvgIpc) is 2.81. The maximum atomic E-state index is 12.2. The summed E-state index contributed by atoms with van der Waals surface area (Å²) in [5.74, 6) is 0.719. The molecule has 1 amide bonds. The summed E-state index contributed by atoms with van der Waals surface area (Å²) in [6.07, 6.45) is 0.902. The molecule has 0 saturated heterocycles. The molecule has 5 nitrogen and oxygen atoms in total. The lowest BCUT2D eigenvalue weighted by Gasteiger charge is -2.13. The molecule has 0 spiro atoms. The molecular formula is C14H17ClN4O. The van der Waals surface area contributed by atoms with Gasteiger partial charge >= 0.3 is 0 Å². The summed E-state index contributed by atoms with van der Waals surface area (Å²) in [5.41, 5.74) is 0.830. The minimum Gasteiger partial charge on any atom is -0.339 e. The van der Waals surface area contributed by atoms with Crippen LogP contribution in [0.3, 0.4) is 0 Å². The predicted octanol–water partition coefficient (Wildman–Crippen LogP) is 2.71. The first-order valence-corrected chi connectivity index (χ1v) is 6.85. The number of carbonyl (C=O) groups is 1. The average molecular weight is 293 g/mol. The Bertz CT molecular complexity index is 606. The monoisotopic (exact) mass is 292 g/mol. The van der Waals surface area contributed by atoms with E-state index in [0.717, 1.165) is 12.1 Å². The molecule has 2 rings (SSSR count). The van der Waals surface area contributed by atoms with Gasteiger partial charge in [0.25, 0.3) is 5.91 Å². The smallest absolute Gasteiger partial charge is 0.293 e. The summed E-state index contributed by atoms with van der Waals surface area (Å²) in [7, 11) is 1.75. The van der Waals surface area contributed by atoms with Crippen LogP contribution in [0, 0.1) is 6.92 Å². The molecule has 20 heavy (non-hydrogen) atoms. The number of aromatic nitrogens is 3. The van der Waals surface area contributed by atoms with Crippen LogP contribution >= 0.6 is 11.6 Å². The third-order valence-corrected chi connectivity index (χ3v) is 3.19. The van der Waals surface area contributed by atoms with Gasteiger partial charge in [-0.3, -0.25) is 4.79 Å². The van der Waals surface area contributed by atoms with Gasteiger partial charge in [-0.2, -0.15) is 0 Å². The number of benzene rings is 1. The summed E-state index contributed by atoms with van der Waals surface area (Å²) in [6, 6.07) is 7.24. The number of halogens is 1. The Balaban J connectivity index is 2.30. The number of hydrogen-bond acceptors (Lipinski definition) is 3. The van der Waals surface area contributed by atoms with Crippen molar-refractivity contribution in [2.75, 3.05) is 13.6 Å². The molecule has 1 aromatic heterocycles. The molecule has 0 unspecified atom stereocenters. The van der Waals surface area contributed by atoms with Gasteiger partial charge in [0, 0.05) is 18.6 Å². The molecule has 0 N–H and O–H groups in total. The second-order valence-electron chi connectivity index (χ2n) is 4.60. The maximum absolute atomic E-state index is 12.2.